The molecule has 1 aliphatic heterocycles. The van der Waals surface area contributed by atoms with E-state index >= 15 is 0 Å². The number of amides is 1. The number of benzene rings is 1. The summed E-state index contributed by atoms with van der Waals surface area (Å²) in [7, 11) is 0. The Labute approximate surface area is 117 Å². The Balaban J connectivity index is 2.00. The number of para-hydroxylation sites is 1. The van der Waals surface area contributed by atoms with Crippen molar-refractivity contribution in [3.63, 3.8) is 0 Å². The number of rotatable bonds is 5. The van der Waals surface area contributed by atoms with E-state index in [2.05, 4.69) is 17.7 Å². The smallest absolute Gasteiger partial charge is 0.253 e. The van der Waals surface area contributed by atoms with Gasteiger partial charge < -0.3 is 15.5 Å². The van der Waals surface area contributed by atoms with Gasteiger partial charge in [-0.05, 0) is 25.0 Å². The van der Waals surface area contributed by atoms with Gasteiger partial charge in [0.05, 0.1) is 17.4 Å². The molecule has 2 atom stereocenters. The molecule has 5 nitrogen and oxygen atoms in total. The van der Waals surface area contributed by atoms with Gasteiger partial charge in [-0.25, -0.2) is 4.39 Å². The lowest BCUT2D eigenvalue weighted by Gasteiger charge is -2.18. The Bertz CT molecular complexity index is 481. The second kappa shape index (κ2) is 6.67. The third-order valence-electron chi connectivity index (χ3n) is 3.68. The SMILES string of the molecule is CCC1OCCC1CNC(=O)c1cccc(F)c1NN. The van der Waals surface area contributed by atoms with Gasteiger partial charge in [-0.3, -0.25) is 10.6 Å². The van der Waals surface area contributed by atoms with Gasteiger partial charge in [-0.1, -0.05) is 13.0 Å². The summed E-state index contributed by atoms with van der Waals surface area (Å²) in [4.78, 5) is 12.1. The van der Waals surface area contributed by atoms with Crippen LogP contribution in [0.25, 0.3) is 0 Å². The summed E-state index contributed by atoms with van der Waals surface area (Å²) in [5.74, 6) is 4.69. The van der Waals surface area contributed by atoms with Crippen molar-refractivity contribution in [3.8, 4) is 0 Å². The first-order valence-corrected chi connectivity index (χ1v) is 6.82. The molecule has 2 unspecified atom stereocenters. The number of ether oxygens (including phenoxy) is 1. The molecule has 1 fully saturated rings. The molecule has 1 heterocycles. The quantitative estimate of drug-likeness (QED) is 0.566. The van der Waals surface area contributed by atoms with E-state index < -0.39 is 5.82 Å². The number of hydrazine groups is 1. The number of anilines is 1. The van der Waals surface area contributed by atoms with Crippen molar-refractivity contribution in [2.24, 2.45) is 11.8 Å². The highest BCUT2D eigenvalue weighted by atomic mass is 19.1. The molecule has 1 amide bonds. The molecule has 0 saturated carbocycles. The van der Waals surface area contributed by atoms with Gasteiger partial charge in [-0.15, -0.1) is 0 Å². The van der Waals surface area contributed by atoms with Gasteiger partial charge in [0.1, 0.15) is 5.82 Å². The number of nitrogens with one attached hydrogen (secondary N) is 2. The Kier molecular flexibility index (Phi) is 4.92. The summed E-state index contributed by atoms with van der Waals surface area (Å²) >= 11 is 0. The number of hydrogen-bond donors (Lipinski definition) is 3. The fourth-order valence-electron chi connectivity index (χ4n) is 2.56. The van der Waals surface area contributed by atoms with E-state index in [1.807, 2.05) is 0 Å². The first-order valence-electron chi connectivity index (χ1n) is 6.82. The lowest BCUT2D eigenvalue weighted by Crippen LogP contribution is -2.33. The van der Waals surface area contributed by atoms with Gasteiger partial charge in [0.2, 0.25) is 0 Å². The van der Waals surface area contributed by atoms with Crippen molar-refractivity contribution in [1.82, 2.24) is 5.32 Å². The summed E-state index contributed by atoms with van der Waals surface area (Å²) < 4.78 is 19.1. The molecule has 2 rings (SSSR count). The first-order chi connectivity index (χ1) is 9.67. The maximum atomic E-state index is 13.5. The summed E-state index contributed by atoms with van der Waals surface area (Å²) in [6, 6.07) is 4.28. The standard InChI is InChI=1S/C14H20FN3O2/c1-2-12-9(6-7-20-12)8-17-14(19)10-4-3-5-11(15)13(10)18-16/h3-5,9,12,18H,2,6-8,16H2,1H3,(H,17,19). The molecule has 0 spiro atoms. The van der Waals surface area contributed by atoms with Crippen LogP contribution in [-0.2, 0) is 4.74 Å². The number of hydrogen-bond acceptors (Lipinski definition) is 4. The average Bonchev–Trinajstić information content (AvgIpc) is 2.91. The minimum absolute atomic E-state index is 0.0136. The molecule has 1 aromatic carbocycles. The molecule has 0 aliphatic carbocycles. The van der Waals surface area contributed by atoms with Crippen LogP contribution in [0.5, 0.6) is 0 Å². The maximum Gasteiger partial charge on any atom is 0.253 e. The summed E-state index contributed by atoms with van der Waals surface area (Å²) in [5.41, 5.74) is 2.45. The molecule has 0 aromatic heterocycles. The zero-order chi connectivity index (χ0) is 14.5. The van der Waals surface area contributed by atoms with E-state index in [4.69, 9.17) is 10.6 Å². The van der Waals surface area contributed by atoms with E-state index in [0.717, 1.165) is 19.4 Å². The second-order valence-corrected chi connectivity index (χ2v) is 4.88. The second-order valence-electron chi connectivity index (χ2n) is 4.88. The third kappa shape index (κ3) is 3.08. The minimum atomic E-state index is -0.546. The number of halogens is 1. The molecule has 20 heavy (non-hydrogen) atoms. The van der Waals surface area contributed by atoms with Gasteiger partial charge in [-0.2, -0.15) is 0 Å². The van der Waals surface area contributed by atoms with Crippen LogP contribution in [0, 0.1) is 11.7 Å². The topological polar surface area (TPSA) is 76.4 Å². The normalized spacial score (nSPS) is 21.8. The van der Waals surface area contributed by atoms with E-state index in [9.17, 15) is 9.18 Å². The van der Waals surface area contributed by atoms with Crippen LogP contribution in [0.1, 0.15) is 30.1 Å². The maximum absolute atomic E-state index is 13.5. The highest BCUT2D eigenvalue weighted by Crippen LogP contribution is 2.23. The van der Waals surface area contributed by atoms with E-state index in [1.54, 1.807) is 0 Å². The number of nitrogens with two attached hydrogens (primary N) is 1. The van der Waals surface area contributed by atoms with Crippen molar-refractivity contribution in [2.75, 3.05) is 18.6 Å². The van der Waals surface area contributed by atoms with Crippen molar-refractivity contribution in [3.05, 3.63) is 29.6 Å². The summed E-state index contributed by atoms with van der Waals surface area (Å²) in [5, 5.41) is 2.83. The number of nitrogen functional groups attached to an aromatic ring is 1. The highest BCUT2D eigenvalue weighted by molar-refractivity contribution is 5.99. The molecular formula is C14H20FN3O2. The van der Waals surface area contributed by atoms with Crippen molar-refractivity contribution in [2.45, 2.75) is 25.9 Å². The molecular weight excluding hydrogens is 261 g/mol. The van der Waals surface area contributed by atoms with Gasteiger partial charge in [0, 0.05) is 19.1 Å². The van der Waals surface area contributed by atoms with E-state index in [1.165, 1.54) is 18.2 Å². The zero-order valence-electron chi connectivity index (χ0n) is 11.5. The fourth-order valence-corrected chi connectivity index (χ4v) is 2.56. The van der Waals surface area contributed by atoms with Crippen LogP contribution in [-0.4, -0.2) is 25.2 Å². The van der Waals surface area contributed by atoms with E-state index in [0.29, 0.717) is 12.5 Å². The molecule has 4 N–H and O–H groups in total. The van der Waals surface area contributed by atoms with Crippen LogP contribution in [0.4, 0.5) is 10.1 Å². The number of carbonyl (C=O) groups is 1. The highest BCUT2D eigenvalue weighted by Gasteiger charge is 2.27. The third-order valence-corrected chi connectivity index (χ3v) is 3.68. The van der Waals surface area contributed by atoms with Crippen LogP contribution in [0.2, 0.25) is 0 Å². The van der Waals surface area contributed by atoms with Crippen molar-refractivity contribution < 1.29 is 13.9 Å². The minimum Gasteiger partial charge on any atom is -0.378 e. The summed E-state index contributed by atoms with van der Waals surface area (Å²) in [6.45, 7) is 3.32. The van der Waals surface area contributed by atoms with E-state index in [-0.39, 0.29) is 23.3 Å². The fraction of sp³-hybridized carbons (Fsp3) is 0.500. The molecule has 1 saturated heterocycles. The Hall–Kier alpha value is -1.66. The lowest BCUT2D eigenvalue weighted by molar-refractivity contribution is 0.0827. The monoisotopic (exact) mass is 281 g/mol. The molecule has 1 aliphatic rings. The Morgan fingerprint density at radius 2 is 2.35 bits per heavy atom. The molecule has 1 aromatic rings. The molecule has 110 valence electrons. The van der Waals surface area contributed by atoms with Crippen LogP contribution in [0.3, 0.4) is 0 Å². The predicted octanol–water partition coefficient (Wildman–Crippen LogP) is 1.66. The van der Waals surface area contributed by atoms with Crippen LogP contribution < -0.4 is 16.6 Å². The average molecular weight is 281 g/mol. The summed E-state index contributed by atoms with van der Waals surface area (Å²) in [6.07, 6.45) is 2.05. The van der Waals surface area contributed by atoms with Crippen LogP contribution in [0.15, 0.2) is 18.2 Å². The largest absolute Gasteiger partial charge is 0.378 e. The predicted molar refractivity (Wildman–Crippen MR) is 74.7 cm³/mol. The van der Waals surface area contributed by atoms with Crippen molar-refractivity contribution in [1.29, 1.82) is 0 Å². The lowest BCUT2D eigenvalue weighted by atomic mass is 9.99. The van der Waals surface area contributed by atoms with Gasteiger partial charge >= 0.3 is 0 Å². The molecule has 0 radical (unpaired) electrons. The van der Waals surface area contributed by atoms with Crippen LogP contribution >= 0.6 is 0 Å². The molecule has 6 heteroatoms. The Morgan fingerprint density at radius 3 is 3.05 bits per heavy atom. The molecule has 0 bridgehead atoms. The zero-order valence-corrected chi connectivity index (χ0v) is 11.5. The Morgan fingerprint density at radius 1 is 1.55 bits per heavy atom. The number of carbonyl (C=O) groups excluding carboxylic acids is 1. The van der Waals surface area contributed by atoms with Gasteiger partial charge in [0.25, 0.3) is 5.91 Å². The first kappa shape index (κ1) is 14.7. The van der Waals surface area contributed by atoms with Gasteiger partial charge in [0.15, 0.2) is 0 Å². The van der Waals surface area contributed by atoms with Crippen molar-refractivity contribution >= 4 is 11.6 Å².